The zero-order valence-corrected chi connectivity index (χ0v) is 17.9. The first kappa shape index (κ1) is 20.0. The molecule has 1 amide bonds. The molecule has 7 nitrogen and oxygen atoms in total. The summed E-state index contributed by atoms with van der Waals surface area (Å²) in [7, 11) is 0. The Bertz CT molecular complexity index is 1320. The standard InChI is InChI=1S/C21H15BrN4O3S/c22-15-6-7-17(27)14(8-15)9-24-25-18(28)10-26-12-23-20-19(21(26)29)16(11-30-20)13-4-2-1-3-5-13/h1-9,11-12,27H,10H2,(H,25,28)/b24-9+. The summed E-state index contributed by atoms with van der Waals surface area (Å²) in [6.07, 6.45) is 2.69. The lowest BCUT2D eigenvalue weighted by atomic mass is 10.1. The van der Waals surface area contributed by atoms with Crippen molar-refractivity contribution in [2.24, 2.45) is 5.10 Å². The Morgan fingerprint density at radius 3 is 2.87 bits per heavy atom. The van der Waals surface area contributed by atoms with Crippen molar-refractivity contribution in [3.05, 3.63) is 80.6 Å². The number of carbonyl (C=O) groups excluding carboxylic acids is 1. The van der Waals surface area contributed by atoms with Crippen LogP contribution in [-0.4, -0.2) is 26.8 Å². The molecule has 9 heteroatoms. The van der Waals surface area contributed by atoms with Gasteiger partial charge in [0.1, 0.15) is 17.1 Å². The molecule has 0 saturated carbocycles. The van der Waals surface area contributed by atoms with Crippen LogP contribution in [0.3, 0.4) is 0 Å². The molecule has 0 fully saturated rings. The number of phenols is 1. The smallest absolute Gasteiger partial charge is 0.263 e. The van der Waals surface area contributed by atoms with Crippen molar-refractivity contribution in [1.29, 1.82) is 0 Å². The Kier molecular flexibility index (Phi) is 5.73. The lowest BCUT2D eigenvalue weighted by molar-refractivity contribution is -0.121. The number of phenolic OH excluding ortho intramolecular Hbond substituents is 1. The summed E-state index contributed by atoms with van der Waals surface area (Å²) in [4.78, 5) is 30.2. The van der Waals surface area contributed by atoms with Gasteiger partial charge in [0.25, 0.3) is 11.5 Å². The van der Waals surface area contributed by atoms with E-state index in [0.29, 0.717) is 15.8 Å². The lowest BCUT2D eigenvalue weighted by Gasteiger charge is -2.05. The molecule has 150 valence electrons. The quantitative estimate of drug-likeness (QED) is 0.334. The second kappa shape index (κ2) is 8.60. The van der Waals surface area contributed by atoms with Crippen LogP contribution in [0.1, 0.15) is 5.56 Å². The molecule has 4 aromatic rings. The van der Waals surface area contributed by atoms with Gasteiger partial charge in [0, 0.05) is 21.0 Å². The average molecular weight is 483 g/mol. The summed E-state index contributed by atoms with van der Waals surface area (Å²) >= 11 is 4.69. The van der Waals surface area contributed by atoms with Crippen LogP contribution in [0, 0.1) is 0 Å². The van der Waals surface area contributed by atoms with Gasteiger partial charge in [-0.1, -0.05) is 46.3 Å². The van der Waals surface area contributed by atoms with Gasteiger partial charge in [0.15, 0.2) is 0 Å². The van der Waals surface area contributed by atoms with Gasteiger partial charge in [-0.05, 0) is 23.8 Å². The average Bonchev–Trinajstić information content (AvgIpc) is 3.18. The molecule has 0 radical (unpaired) electrons. The molecular formula is C21H15BrN4O3S. The predicted molar refractivity (Wildman–Crippen MR) is 121 cm³/mol. The third-order valence-corrected chi connectivity index (χ3v) is 5.72. The summed E-state index contributed by atoms with van der Waals surface area (Å²) in [5.41, 5.74) is 4.23. The van der Waals surface area contributed by atoms with Crippen molar-refractivity contribution in [1.82, 2.24) is 15.0 Å². The van der Waals surface area contributed by atoms with Crippen molar-refractivity contribution in [2.45, 2.75) is 6.54 Å². The van der Waals surface area contributed by atoms with Gasteiger partial charge in [-0.3, -0.25) is 14.2 Å². The molecule has 0 spiro atoms. The third-order valence-electron chi connectivity index (χ3n) is 4.34. The number of thiophene rings is 1. The van der Waals surface area contributed by atoms with E-state index in [1.807, 2.05) is 35.7 Å². The van der Waals surface area contributed by atoms with Crippen LogP contribution in [0.4, 0.5) is 0 Å². The van der Waals surface area contributed by atoms with Crippen LogP contribution < -0.4 is 11.0 Å². The van der Waals surface area contributed by atoms with Crippen LogP contribution in [-0.2, 0) is 11.3 Å². The highest BCUT2D eigenvalue weighted by atomic mass is 79.9. The second-order valence-corrected chi connectivity index (χ2v) is 8.14. The third kappa shape index (κ3) is 4.17. The number of fused-ring (bicyclic) bond motifs is 1. The first-order valence-electron chi connectivity index (χ1n) is 8.85. The molecule has 2 aromatic carbocycles. The molecule has 0 bridgehead atoms. The highest BCUT2D eigenvalue weighted by Crippen LogP contribution is 2.30. The molecule has 2 aromatic heterocycles. The minimum Gasteiger partial charge on any atom is -0.507 e. The Balaban J connectivity index is 1.54. The van der Waals surface area contributed by atoms with E-state index >= 15 is 0 Å². The van der Waals surface area contributed by atoms with Gasteiger partial charge in [0.2, 0.25) is 0 Å². The van der Waals surface area contributed by atoms with Crippen LogP contribution in [0.15, 0.2) is 74.6 Å². The van der Waals surface area contributed by atoms with E-state index in [9.17, 15) is 14.7 Å². The number of nitrogens with one attached hydrogen (secondary N) is 1. The van der Waals surface area contributed by atoms with Crippen molar-refractivity contribution < 1.29 is 9.90 Å². The maximum Gasteiger partial charge on any atom is 0.263 e. The largest absolute Gasteiger partial charge is 0.507 e. The number of rotatable bonds is 5. The number of carbonyl (C=O) groups is 1. The number of hydrazone groups is 1. The van der Waals surface area contributed by atoms with E-state index in [4.69, 9.17) is 0 Å². The van der Waals surface area contributed by atoms with Gasteiger partial charge in [-0.15, -0.1) is 11.3 Å². The Labute approximate surface area is 183 Å². The van der Waals surface area contributed by atoms with E-state index in [0.717, 1.165) is 15.6 Å². The van der Waals surface area contributed by atoms with Gasteiger partial charge in [-0.25, -0.2) is 10.4 Å². The van der Waals surface area contributed by atoms with Crippen molar-refractivity contribution in [3.8, 4) is 16.9 Å². The number of halogens is 1. The highest BCUT2D eigenvalue weighted by Gasteiger charge is 2.14. The zero-order chi connectivity index (χ0) is 21.1. The van der Waals surface area contributed by atoms with E-state index in [-0.39, 0.29) is 17.9 Å². The molecule has 0 saturated heterocycles. The maximum absolute atomic E-state index is 13.0. The number of aromatic nitrogens is 2. The van der Waals surface area contributed by atoms with Crippen LogP contribution in [0.5, 0.6) is 5.75 Å². The van der Waals surface area contributed by atoms with E-state index < -0.39 is 5.91 Å². The predicted octanol–water partition coefficient (Wildman–Crippen LogP) is 3.74. The molecule has 0 aliphatic rings. The fourth-order valence-electron chi connectivity index (χ4n) is 2.90. The number of aromatic hydroxyl groups is 1. The minimum atomic E-state index is -0.486. The number of amides is 1. The van der Waals surface area contributed by atoms with Gasteiger partial charge < -0.3 is 5.11 Å². The summed E-state index contributed by atoms with van der Waals surface area (Å²) in [5.74, 6) is -0.451. The van der Waals surface area contributed by atoms with Crippen LogP contribution in [0.2, 0.25) is 0 Å². The minimum absolute atomic E-state index is 0.0352. The normalized spacial score (nSPS) is 11.2. The molecule has 0 aliphatic carbocycles. The van der Waals surface area contributed by atoms with E-state index in [1.165, 1.54) is 34.5 Å². The SMILES string of the molecule is O=C(Cn1cnc2scc(-c3ccccc3)c2c1=O)N/N=C/c1cc(Br)ccc1O. The van der Waals surface area contributed by atoms with Crippen molar-refractivity contribution in [2.75, 3.05) is 0 Å². The number of hydrogen-bond acceptors (Lipinski definition) is 6. The number of hydrogen-bond donors (Lipinski definition) is 2. The topological polar surface area (TPSA) is 96.6 Å². The first-order chi connectivity index (χ1) is 14.5. The van der Waals surface area contributed by atoms with Gasteiger partial charge in [-0.2, -0.15) is 5.10 Å². The fraction of sp³-hybridized carbons (Fsp3) is 0.0476. The molecular weight excluding hydrogens is 468 g/mol. The van der Waals surface area contributed by atoms with E-state index in [2.05, 4.69) is 31.4 Å². The summed E-state index contributed by atoms with van der Waals surface area (Å²) in [6, 6.07) is 14.4. The summed E-state index contributed by atoms with van der Waals surface area (Å²) in [5, 5.41) is 16.0. The number of benzene rings is 2. The lowest BCUT2D eigenvalue weighted by Crippen LogP contribution is -2.30. The molecule has 4 rings (SSSR count). The van der Waals surface area contributed by atoms with Gasteiger partial charge >= 0.3 is 0 Å². The zero-order valence-electron chi connectivity index (χ0n) is 15.4. The summed E-state index contributed by atoms with van der Waals surface area (Å²) in [6.45, 7) is -0.229. The maximum atomic E-state index is 13.0. The van der Waals surface area contributed by atoms with Crippen molar-refractivity contribution >= 4 is 49.6 Å². The summed E-state index contributed by atoms with van der Waals surface area (Å²) < 4.78 is 2.02. The molecule has 2 heterocycles. The highest BCUT2D eigenvalue weighted by molar-refractivity contribution is 9.10. The Hall–Kier alpha value is -3.30. The Morgan fingerprint density at radius 2 is 2.07 bits per heavy atom. The van der Waals surface area contributed by atoms with E-state index in [1.54, 1.807) is 12.1 Å². The van der Waals surface area contributed by atoms with Crippen LogP contribution in [0.25, 0.3) is 21.3 Å². The molecule has 2 N–H and O–H groups in total. The Morgan fingerprint density at radius 1 is 1.27 bits per heavy atom. The fourth-order valence-corrected chi connectivity index (χ4v) is 4.19. The molecule has 0 aliphatic heterocycles. The molecule has 0 atom stereocenters. The molecule has 0 unspecified atom stereocenters. The van der Waals surface area contributed by atoms with Crippen LogP contribution >= 0.6 is 27.3 Å². The van der Waals surface area contributed by atoms with Crippen molar-refractivity contribution in [3.63, 3.8) is 0 Å². The molecule has 30 heavy (non-hydrogen) atoms. The monoisotopic (exact) mass is 482 g/mol. The first-order valence-corrected chi connectivity index (χ1v) is 10.5. The van der Waals surface area contributed by atoms with Gasteiger partial charge in [0.05, 0.1) is 17.9 Å². The number of nitrogens with zero attached hydrogens (tertiary/aromatic N) is 3. The second-order valence-electron chi connectivity index (χ2n) is 6.37.